The predicted molar refractivity (Wildman–Crippen MR) is 81.0 cm³/mol. The van der Waals surface area contributed by atoms with Crippen LogP contribution >= 0.6 is 0 Å². The molecule has 0 bridgehead atoms. The van der Waals surface area contributed by atoms with Gasteiger partial charge in [0, 0.05) is 18.7 Å². The van der Waals surface area contributed by atoms with E-state index in [0.717, 1.165) is 23.3 Å². The van der Waals surface area contributed by atoms with Gasteiger partial charge in [-0.15, -0.1) is 0 Å². The maximum absolute atomic E-state index is 6.10. The molecule has 1 aliphatic heterocycles. The number of likely N-dealkylation sites (N-methyl/N-ethyl adjacent to an activating group) is 1. The molecule has 0 amide bonds. The van der Waals surface area contributed by atoms with Crippen molar-refractivity contribution in [3.05, 3.63) is 18.2 Å². The Hall–Kier alpha value is -1.75. The average Bonchev–Trinajstić information content (AvgIpc) is 2.76. The number of rotatable bonds is 3. The lowest BCUT2D eigenvalue weighted by atomic mass is 10.0. The third-order valence-corrected chi connectivity index (χ3v) is 4.30. The summed E-state index contributed by atoms with van der Waals surface area (Å²) in [6, 6.07) is 6.49. The highest BCUT2D eigenvalue weighted by molar-refractivity contribution is 5.79. The van der Waals surface area contributed by atoms with Crippen molar-refractivity contribution < 1.29 is 4.74 Å². The number of nitrogens with zero attached hydrogens (tertiary/aromatic N) is 3. The van der Waals surface area contributed by atoms with Crippen molar-refractivity contribution in [1.82, 2.24) is 14.5 Å². The van der Waals surface area contributed by atoms with E-state index in [0.29, 0.717) is 12.0 Å². The van der Waals surface area contributed by atoms with Crippen LogP contribution in [-0.4, -0.2) is 41.2 Å². The van der Waals surface area contributed by atoms with Crippen LogP contribution < -0.4 is 10.5 Å². The van der Waals surface area contributed by atoms with Crippen LogP contribution in [0.15, 0.2) is 18.2 Å². The molecule has 0 radical (unpaired) electrons. The van der Waals surface area contributed by atoms with Crippen LogP contribution in [-0.2, 0) is 6.54 Å². The molecule has 1 fully saturated rings. The van der Waals surface area contributed by atoms with Crippen LogP contribution in [0, 0.1) is 0 Å². The van der Waals surface area contributed by atoms with Gasteiger partial charge in [-0.25, -0.2) is 4.98 Å². The first-order chi connectivity index (χ1) is 9.69. The van der Waals surface area contributed by atoms with Crippen molar-refractivity contribution in [3.8, 4) is 5.75 Å². The van der Waals surface area contributed by atoms with Gasteiger partial charge >= 0.3 is 0 Å². The van der Waals surface area contributed by atoms with E-state index in [2.05, 4.69) is 21.5 Å². The van der Waals surface area contributed by atoms with Crippen molar-refractivity contribution in [2.45, 2.75) is 31.8 Å². The van der Waals surface area contributed by atoms with E-state index in [-0.39, 0.29) is 0 Å². The topological polar surface area (TPSA) is 56.3 Å². The van der Waals surface area contributed by atoms with E-state index >= 15 is 0 Å². The van der Waals surface area contributed by atoms with Gasteiger partial charge in [-0.1, -0.05) is 6.42 Å². The Bertz CT molecular complexity index is 607. The molecule has 1 aromatic heterocycles. The van der Waals surface area contributed by atoms with Crippen molar-refractivity contribution in [2.24, 2.45) is 0 Å². The molecule has 2 heterocycles. The summed E-state index contributed by atoms with van der Waals surface area (Å²) >= 11 is 0. The lowest BCUT2D eigenvalue weighted by Crippen LogP contribution is -2.39. The van der Waals surface area contributed by atoms with Gasteiger partial charge in [-0.2, -0.15) is 0 Å². The molecular formula is C15H22N4O. The standard InChI is InChI=1S/C15H22N4O/c1-18-8-4-3-5-11(18)10-19-14-7-6-12(20-2)9-13(14)17-15(19)16/h6-7,9,11H,3-5,8,10H2,1-2H3,(H2,16,17). The third kappa shape index (κ3) is 2.33. The van der Waals surface area contributed by atoms with Crippen molar-refractivity contribution >= 4 is 17.0 Å². The van der Waals surface area contributed by atoms with E-state index in [1.165, 1.54) is 25.8 Å². The van der Waals surface area contributed by atoms with Crippen LogP contribution in [0.5, 0.6) is 5.75 Å². The molecule has 20 heavy (non-hydrogen) atoms. The molecule has 5 nitrogen and oxygen atoms in total. The summed E-state index contributed by atoms with van der Waals surface area (Å²) in [5, 5.41) is 0. The Morgan fingerprint density at radius 1 is 1.40 bits per heavy atom. The highest BCUT2D eigenvalue weighted by Crippen LogP contribution is 2.25. The van der Waals surface area contributed by atoms with Gasteiger partial charge in [-0.3, -0.25) is 0 Å². The van der Waals surface area contributed by atoms with Crippen LogP contribution in [0.2, 0.25) is 0 Å². The zero-order valence-corrected chi connectivity index (χ0v) is 12.2. The molecule has 3 rings (SSSR count). The molecule has 0 saturated carbocycles. The molecule has 2 N–H and O–H groups in total. The molecule has 5 heteroatoms. The SMILES string of the molecule is COc1ccc2c(c1)nc(N)n2CC1CCCCN1C. The number of anilines is 1. The van der Waals surface area contributed by atoms with Crippen molar-refractivity contribution in [1.29, 1.82) is 0 Å². The molecule has 2 aromatic rings. The summed E-state index contributed by atoms with van der Waals surface area (Å²) in [5.41, 5.74) is 8.09. The molecule has 1 unspecified atom stereocenters. The van der Waals surface area contributed by atoms with Gasteiger partial charge in [0.2, 0.25) is 5.95 Å². The first-order valence-corrected chi connectivity index (χ1v) is 7.19. The van der Waals surface area contributed by atoms with E-state index in [9.17, 15) is 0 Å². The van der Waals surface area contributed by atoms with Gasteiger partial charge < -0.3 is 19.9 Å². The first kappa shape index (κ1) is 13.2. The maximum Gasteiger partial charge on any atom is 0.201 e. The summed E-state index contributed by atoms with van der Waals surface area (Å²) in [7, 11) is 3.86. The minimum Gasteiger partial charge on any atom is -0.497 e. The zero-order valence-electron chi connectivity index (χ0n) is 12.2. The highest BCUT2D eigenvalue weighted by atomic mass is 16.5. The number of ether oxygens (including phenoxy) is 1. The lowest BCUT2D eigenvalue weighted by molar-refractivity contribution is 0.169. The smallest absolute Gasteiger partial charge is 0.201 e. The van der Waals surface area contributed by atoms with Crippen LogP contribution in [0.1, 0.15) is 19.3 Å². The zero-order chi connectivity index (χ0) is 14.1. The number of nitrogens with two attached hydrogens (primary N) is 1. The summed E-state index contributed by atoms with van der Waals surface area (Å²) in [6.45, 7) is 2.08. The fourth-order valence-corrected chi connectivity index (χ4v) is 3.03. The number of hydrogen-bond acceptors (Lipinski definition) is 4. The van der Waals surface area contributed by atoms with E-state index < -0.39 is 0 Å². The second-order valence-electron chi connectivity index (χ2n) is 5.57. The number of likely N-dealkylation sites (tertiary alicyclic amines) is 1. The Morgan fingerprint density at radius 3 is 3.00 bits per heavy atom. The monoisotopic (exact) mass is 274 g/mol. The van der Waals surface area contributed by atoms with E-state index in [4.69, 9.17) is 10.5 Å². The van der Waals surface area contributed by atoms with Crippen LogP contribution in [0.3, 0.4) is 0 Å². The number of fused-ring (bicyclic) bond motifs is 1. The minimum atomic E-state index is 0.547. The molecule has 1 aliphatic rings. The Kier molecular flexibility index (Phi) is 3.53. The van der Waals surface area contributed by atoms with E-state index in [1.807, 2.05) is 18.2 Å². The van der Waals surface area contributed by atoms with Gasteiger partial charge in [0.1, 0.15) is 5.75 Å². The predicted octanol–water partition coefficient (Wildman–Crippen LogP) is 2.11. The quantitative estimate of drug-likeness (QED) is 0.931. The van der Waals surface area contributed by atoms with Crippen LogP contribution in [0.25, 0.3) is 11.0 Å². The third-order valence-electron chi connectivity index (χ3n) is 4.30. The second kappa shape index (κ2) is 5.32. The molecule has 1 atom stereocenters. The first-order valence-electron chi connectivity index (χ1n) is 7.19. The summed E-state index contributed by atoms with van der Waals surface area (Å²) in [5.74, 6) is 1.41. The Labute approximate surface area is 119 Å². The lowest BCUT2D eigenvalue weighted by Gasteiger charge is -2.32. The molecule has 1 aromatic carbocycles. The van der Waals surface area contributed by atoms with Gasteiger partial charge in [-0.05, 0) is 38.6 Å². The van der Waals surface area contributed by atoms with Gasteiger partial charge in [0.25, 0.3) is 0 Å². The number of aromatic nitrogens is 2. The average molecular weight is 274 g/mol. The summed E-state index contributed by atoms with van der Waals surface area (Å²) < 4.78 is 7.37. The number of piperidine rings is 1. The van der Waals surface area contributed by atoms with Gasteiger partial charge in [0.05, 0.1) is 18.1 Å². The molecular weight excluding hydrogens is 252 g/mol. The number of imidazole rings is 1. The summed E-state index contributed by atoms with van der Waals surface area (Å²) in [6.07, 6.45) is 3.82. The Balaban J connectivity index is 1.92. The number of nitrogen functional groups attached to an aromatic ring is 1. The largest absolute Gasteiger partial charge is 0.497 e. The Morgan fingerprint density at radius 2 is 2.25 bits per heavy atom. The highest BCUT2D eigenvalue weighted by Gasteiger charge is 2.21. The van der Waals surface area contributed by atoms with Crippen molar-refractivity contribution in [3.63, 3.8) is 0 Å². The van der Waals surface area contributed by atoms with Crippen molar-refractivity contribution in [2.75, 3.05) is 26.4 Å². The fourth-order valence-electron chi connectivity index (χ4n) is 3.03. The molecule has 0 aliphatic carbocycles. The van der Waals surface area contributed by atoms with Crippen LogP contribution in [0.4, 0.5) is 5.95 Å². The normalized spacial score (nSPS) is 20.4. The van der Waals surface area contributed by atoms with E-state index in [1.54, 1.807) is 7.11 Å². The molecule has 1 saturated heterocycles. The van der Waals surface area contributed by atoms with Gasteiger partial charge in [0.15, 0.2) is 0 Å². The molecule has 108 valence electrons. The fraction of sp³-hybridized carbons (Fsp3) is 0.533. The number of hydrogen-bond donors (Lipinski definition) is 1. The number of methoxy groups -OCH3 is 1. The second-order valence-corrected chi connectivity index (χ2v) is 5.57. The summed E-state index contributed by atoms with van der Waals surface area (Å²) in [4.78, 5) is 6.88. The maximum atomic E-state index is 6.10. The molecule has 0 spiro atoms. The number of benzene rings is 1. The minimum absolute atomic E-state index is 0.547.